The second-order valence-electron chi connectivity index (χ2n) is 6.89. The Morgan fingerprint density at radius 1 is 1.10 bits per heavy atom. The summed E-state index contributed by atoms with van der Waals surface area (Å²) in [6.07, 6.45) is 0.975. The number of carbonyl (C=O) groups excluding carboxylic acids is 1. The molecule has 0 aliphatic heterocycles. The summed E-state index contributed by atoms with van der Waals surface area (Å²) in [4.78, 5) is 15.9. The van der Waals surface area contributed by atoms with Gasteiger partial charge in [0, 0.05) is 31.3 Å². The molecule has 0 bridgehead atoms. The minimum atomic E-state index is -0.0835. The van der Waals surface area contributed by atoms with Gasteiger partial charge in [-0.15, -0.1) is 24.0 Å². The first-order valence-corrected chi connectivity index (χ1v) is 10.1. The fourth-order valence-corrected chi connectivity index (χ4v) is 2.80. The predicted molar refractivity (Wildman–Crippen MR) is 135 cm³/mol. The number of hydrogen-bond acceptors (Lipinski definition) is 3. The Balaban J connectivity index is 0.00000450. The second-order valence-corrected chi connectivity index (χ2v) is 6.89. The number of nitrogens with zero attached hydrogens (tertiary/aromatic N) is 1. The van der Waals surface area contributed by atoms with E-state index in [-0.39, 0.29) is 29.9 Å². The van der Waals surface area contributed by atoms with E-state index in [1.165, 1.54) is 12.5 Å². The van der Waals surface area contributed by atoms with Crippen molar-refractivity contribution in [1.82, 2.24) is 10.6 Å². The van der Waals surface area contributed by atoms with Gasteiger partial charge in [0.15, 0.2) is 5.96 Å². The molecule has 3 N–H and O–H groups in total. The number of guanidine groups is 1. The van der Waals surface area contributed by atoms with E-state index in [0.29, 0.717) is 19.7 Å². The van der Waals surface area contributed by atoms with Crippen molar-refractivity contribution in [2.75, 3.05) is 18.5 Å². The first-order valence-electron chi connectivity index (χ1n) is 10.1. The molecule has 2 rings (SSSR count). The Hall–Kier alpha value is -2.29. The number of aryl methyl sites for hydroxylation is 1. The molecule has 6 nitrogen and oxygen atoms in total. The van der Waals surface area contributed by atoms with E-state index in [0.717, 1.165) is 41.5 Å². The summed E-state index contributed by atoms with van der Waals surface area (Å²) < 4.78 is 5.90. The Kier molecular flexibility index (Phi) is 11.9. The highest BCUT2D eigenvalue weighted by molar-refractivity contribution is 14.0. The number of aliphatic imine (C=N–C) groups is 1. The fraction of sp³-hybridized carbons (Fsp3) is 0.391. The van der Waals surface area contributed by atoms with Crippen LogP contribution >= 0.6 is 24.0 Å². The van der Waals surface area contributed by atoms with Crippen LogP contribution in [-0.4, -0.2) is 25.0 Å². The summed E-state index contributed by atoms with van der Waals surface area (Å²) in [7, 11) is 0. The van der Waals surface area contributed by atoms with E-state index in [9.17, 15) is 4.79 Å². The number of rotatable bonds is 9. The Bertz CT molecular complexity index is 840. The van der Waals surface area contributed by atoms with Gasteiger partial charge in [0.1, 0.15) is 5.75 Å². The van der Waals surface area contributed by atoms with Crippen LogP contribution in [0.4, 0.5) is 5.69 Å². The van der Waals surface area contributed by atoms with Crippen LogP contribution in [0.5, 0.6) is 5.75 Å². The molecule has 2 aromatic carbocycles. The molecule has 0 unspecified atom stereocenters. The molecule has 2 aromatic rings. The molecule has 164 valence electrons. The molecule has 0 aliphatic carbocycles. The van der Waals surface area contributed by atoms with Crippen LogP contribution in [0, 0.1) is 6.92 Å². The first kappa shape index (κ1) is 25.7. The van der Waals surface area contributed by atoms with Crippen LogP contribution in [-0.2, 0) is 17.9 Å². The van der Waals surface area contributed by atoms with Gasteiger partial charge in [-0.3, -0.25) is 4.79 Å². The number of ether oxygens (including phenoxy) is 1. The molecule has 0 spiro atoms. The monoisotopic (exact) mass is 524 g/mol. The molecule has 30 heavy (non-hydrogen) atoms. The Labute approximate surface area is 196 Å². The van der Waals surface area contributed by atoms with E-state index in [2.05, 4.69) is 53.0 Å². The summed E-state index contributed by atoms with van der Waals surface area (Å²) in [6, 6.07) is 14.0. The van der Waals surface area contributed by atoms with Crippen LogP contribution in [0.2, 0.25) is 0 Å². The van der Waals surface area contributed by atoms with E-state index in [1.54, 1.807) is 0 Å². The van der Waals surface area contributed by atoms with Crippen LogP contribution < -0.4 is 20.7 Å². The van der Waals surface area contributed by atoms with Gasteiger partial charge >= 0.3 is 0 Å². The maximum absolute atomic E-state index is 11.2. The zero-order valence-corrected chi connectivity index (χ0v) is 20.6. The zero-order chi connectivity index (χ0) is 21.1. The van der Waals surface area contributed by atoms with E-state index < -0.39 is 0 Å². The van der Waals surface area contributed by atoms with Crippen LogP contribution in [0.25, 0.3) is 0 Å². The van der Waals surface area contributed by atoms with Gasteiger partial charge in [-0.1, -0.05) is 31.2 Å². The van der Waals surface area contributed by atoms with Crippen molar-refractivity contribution in [1.29, 1.82) is 0 Å². The average Bonchev–Trinajstić information content (AvgIpc) is 2.69. The zero-order valence-electron chi connectivity index (χ0n) is 18.2. The molecule has 0 aliphatic rings. The summed E-state index contributed by atoms with van der Waals surface area (Å²) in [5.74, 6) is 1.57. The van der Waals surface area contributed by atoms with Crippen molar-refractivity contribution >= 4 is 41.5 Å². The number of amides is 1. The van der Waals surface area contributed by atoms with Crippen LogP contribution in [0.1, 0.15) is 43.9 Å². The Morgan fingerprint density at radius 2 is 1.90 bits per heavy atom. The van der Waals surface area contributed by atoms with Gasteiger partial charge in [-0.05, 0) is 49.6 Å². The molecule has 0 heterocycles. The molecular formula is C23H33IN4O2. The van der Waals surface area contributed by atoms with Crippen LogP contribution in [0.15, 0.2) is 47.5 Å². The average molecular weight is 524 g/mol. The SMILES string of the molecule is CCCOc1cc(C)ccc1CNC(=NCc1cccc(NC(C)=O)c1)NCC.I. The maximum atomic E-state index is 11.2. The minimum Gasteiger partial charge on any atom is -0.493 e. The topological polar surface area (TPSA) is 74.8 Å². The molecule has 0 atom stereocenters. The highest BCUT2D eigenvalue weighted by Crippen LogP contribution is 2.20. The van der Waals surface area contributed by atoms with E-state index >= 15 is 0 Å². The lowest BCUT2D eigenvalue weighted by Gasteiger charge is -2.15. The minimum absolute atomic E-state index is 0. The highest BCUT2D eigenvalue weighted by atomic mass is 127. The summed E-state index contributed by atoms with van der Waals surface area (Å²) >= 11 is 0. The van der Waals surface area contributed by atoms with Crippen molar-refractivity contribution in [3.8, 4) is 5.75 Å². The molecular weight excluding hydrogens is 491 g/mol. The number of carbonyl (C=O) groups is 1. The molecule has 0 fully saturated rings. The number of anilines is 1. The molecule has 0 aromatic heterocycles. The highest BCUT2D eigenvalue weighted by Gasteiger charge is 2.06. The molecule has 0 radical (unpaired) electrons. The van der Waals surface area contributed by atoms with Crippen LogP contribution in [0.3, 0.4) is 0 Å². The first-order chi connectivity index (χ1) is 14.0. The van der Waals surface area contributed by atoms with Gasteiger partial charge in [0.25, 0.3) is 0 Å². The van der Waals surface area contributed by atoms with Crippen molar-refractivity contribution < 1.29 is 9.53 Å². The second kappa shape index (κ2) is 13.8. The van der Waals surface area contributed by atoms with E-state index in [4.69, 9.17) is 4.74 Å². The Morgan fingerprint density at radius 3 is 2.60 bits per heavy atom. The maximum Gasteiger partial charge on any atom is 0.221 e. The quantitative estimate of drug-likeness (QED) is 0.255. The number of hydrogen-bond donors (Lipinski definition) is 3. The molecule has 0 saturated heterocycles. The normalized spacial score (nSPS) is 10.7. The summed E-state index contributed by atoms with van der Waals surface area (Å²) in [5.41, 5.74) is 4.08. The molecule has 0 saturated carbocycles. The smallest absolute Gasteiger partial charge is 0.221 e. The lowest BCUT2D eigenvalue weighted by Crippen LogP contribution is -2.36. The van der Waals surface area contributed by atoms with Gasteiger partial charge < -0.3 is 20.7 Å². The number of nitrogens with one attached hydrogen (secondary N) is 3. The standard InChI is InChI=1S/C23H32N4O2.HI/c1-5-12-29-22-13-17(3)10-11-20(22)16-26-23(24-6-2)25-15-19-8-7-9-21(14-19)27-18(4)28;/h7-11,13-14H,5-6,12,15-16H2,1-4H3,(H,27,28)(H2,24,25,26);1H. The molecule has 1 amide bonds. The predicted octanol–water partition coefficient (Wildman–Crippen LogP) is 4.62. The van der Waals surface area contributed by atoms with Gasteiger partial charge in [-0.25, -0.2) is 4.99 Å². The lowest BCUT2D eigenvalue weighted by atomic mass is 10.1. The van der Waals surface area contributed by atoms with Gasteiger partial charge in [0.2, 0.25) is 5.91 Å². The number of halogens is 1. The number of benzene rings is 2. The lowest BCUT2D eigenvalue weighted by molar-refractivity contribution is -0.114. The van der Waals surface area contributed by atoms with Crippen molar-refractivity contribution in [2.24, 2.45) is 4.99 Å². The summed E-state index contributed by atoms with van der Waals surface area (Å²) in [6.45, 7) is 10.3. The third-order valence-electron chi connectivity index (χ3n) is 4.14. The summed E-state index contributed by atoms with van der Waals surface area (Å²) in [5, 5.41) is 9.45. The molecule has 7 heteroatoms. The van der Waals surface area contributed by atoms with Gasteiger partial charge in [-0.2, -0.15) is 0 Å². The van der Waals surface area contributed by atoms with E-state index in [1.807, 2.05) is 31.2 Å². The van der Waals surface area contributed by atoms with Crippen molar-refractivity contribution in [3.05, 3.63) is 59.2 Å². The largest absolute Gasteiger partial charge is 0.493 e. The van der Waals surface area contributed by atoms with Gasteiger partial charge in [0.05, 0.1) is 13.2 Å². The fourth-order valence-electron chi connectivity index (χ4n) is 2.80. The van der Waals surface area contributed by atoms with Crippen molar-refractivity contribution in [2.45, 2.75) is 47.2 Å². The van der Waals surface area contributed by atoms with Crippen molar-refractivity contribution in [3.63, 3.8) is 0 Å². The third-order valence-corrected chi connectivity index (χ3v) is 4.14. The third kappa shape index (κ3) is 9.02.